The number of carbonyl (C=O) groups excluding carboxylic acids is 2. The first-order valence-corrected chi connectivity index (χ1v) is 17.3. The van der Waals surface area contributed by atoms with Crippen LogP contribution in [0.3, 0.4) is 0 Å². The molecule has 0 spiro atoms. The topological polar surface area (TPSA) is 86.8 Å². The quantitative estimate of drug-likeness (QED) is 0.160. The number of benzene rings is 4. The molecule has 46 heavy (non-hydrogen) atoms. The second-order valence-corrected chi connectivity index (χ2v) is 14.1. The minimum absolute atomic E-state index is 0.0449. The number of carbonyl (C=O) groups is 2. The van der Waals surface area contributed by atoms with E-state index in [0.29, 0.717) is 27.7 Å². The van der Waals surface area contributed by atoms with Gasteiger partial charge in [-0.15, -0.1) is 0 Å². The predicted octanol–water partition coefficient (Wildman–Crippen LogP) is 7.36. The number of rotatable bonds is 13. The van der Waals surface area contributed by atoms with Crippen molar-refractivity contribution in [2.75, 3.05) is 10.8 Å². The van der Waals surface area contributed by atoms with Crippen LogP contribution in [0.5, 0.6) is 0 Å². The molecule has 0 saturated heterocycles. The number of nitrogens with zero attached hydrogens (tertiary/aromatic N) is 2. The SMILES string of the molecule is CCC(C)NC(=O)C(Cc1ccccc1)N(Cc1c(Cl)cccc1Cl)C(=O)CN(c1cccc(C)c1)S(=O)(=O)c1ccc(C)cc1. The summed E-state index contributed by atoms with van der Waals surface area (Å²) in [7, 11) is -4.20. The number of nitrogens with one attached hydrogen (secondary N) is 1. The highest BCUT2D eigenvalue weighted by Crippen LogP contribution is 2.29. The first kappa shape index (κ1) is 35.0. The largest absolute Gasteiger partial charge is 0.352 e. The molecule has 0 saturated carbocycles. The van der Waals surface area contributed by atoms with Gasteiger partial charge in [0.25, 0.3) is 10.0 Å². The monoisotopic (exact) mass is 679 g/mol. The Hall–Kier alpha value is -3.85. The molecule has 0 radical (unpaired) electrons. The molecule has 0 aliphatic carbocycles. The number of hydrogen-bond donors (Lipinski definition) is 1. The molecular weight excluding hydrogens is 641 g/mol. The first-order valence-electron chi connectivity index (χ1n) is 15.1. The van der Waals surface area contributed by atoms with Crippen LogP contribution in [0.25, 0.3) is 0 Å². The summed E-state index contributed by atoms with van der Waals surface area (Å²) in [5, 5.41) is 3.68. The summed E-state index contributed by atoms with van der Waals surface area (Å²) < 4.78 is 29.5. The second kappa shape index (κ2) is 15.6. The summed E-state index contributed by atoms with van der Waals surface area (Å²) in [6.07, 6.45) is 0.871. The molecule has 7 nitrogen and oxygen atoms in total. The lowest BCUT2D eigenvalue weighted by Crippen LogP contribution is -2.54. The molecule has 0 aromatic heterocycles. The number of aryl methyl sites for hydroxylation is 2. The van der Waals surface area contributed by atoms with Crippen molar-refractivity contribution in [3.63, 3.8) is 0 Å². The third-order valence-corrected chi connectivity index (χ3v) is 10.3. The number of amides is 2. The summed E-state index contributed by atoms with van der Waals surface area (Å²) in [6.45, 7) is 6.89. The van der Waals surface area contributed by atoms with Crippen molar-refractivity contribution in [2.24, 2.45) is 0 Å². The lowest BCUT2D eigenvalue weighted by atomic mass is 10.0. The van der Waals surface area contributed by atoms with Crippen molar-refractivity contribution in [2.45, 2.75) is 64.1 Å². The molecule has 0 heterocycles. The van der Waals surface area contributed by atoms with Crippen LogP contribution in [-0.4, -0.2) is 43.8 Å². The minimum Gasteiger partial charge on any atom is -0.352 e. The van der Waals surface area contributed by atoms with E-state index in [9.17, 15) is 18.0 Å². The summed E-state index contributed by atoms with van der Waals surface area (Å²) >= 11 is 13.2. The van der Waals surface area contributed by atoms with Crippen LogP contribution in [0.1, 0.15) is 42.5 Å². The lowest BCUT2D eigenvalue weighted by Gasteiger charge is -2.34. The van der Waals surface area contributed by atoms with Crippen LogP contribution in [-0.2, 0) is 32.6 Å². The van der Waals surface area contributed by atoms with Gasteiger partial charge in [-0.05, 0) is 74.7 Å². The summed E-state index contributed by atoms with van der Waals surface area (Å²) in [5.41, 5.74) is 3.34. The molecule has 0 aliphatic rings. The van der Waals surface area contributed by atoms with E-state index in [-0.39, 0.29) is 29.8 Å². The molecule has 242 valence electrons. The van der Waals surface area contributed by atoms with Gasteiger partial charge in [0.15, 0.2) is 0 Å². The van der Waals surface area contributed by atoms with Crippen molar-refractivity contribution in [1.82, 2.24) is 10.2 Å². The number of halogens is 2. The third kappa shape index (κ3) is 8.69. The van der Waals surface area contributed by atoms with E-state index >= 15 is 0 Å². The van der Waals surface area contributed by atoms with Gasteiger partial charge >= 0.3 is 0 Å². The first-order chi connectivity index (χ1) is 21.9. The Bertz CT molecular complexity index is 1750. The van der Waals surface area contributed by atoms with Crippen molar-refractivity contribution < 1.29 is 18.0 Å². The molecule has 0 bridgehead atoms. The summed E-state index contributed by atoms with van der Waals surface area (Å²) in [4.78, 5) is 30.0. The molecule has 4 aromatic carbocycles. The Morgan fingerprint density at radius 3 is 2.07 bits per heavy atom. The Kier molecular flexibility index (Phi) is 11.9. The van der Waals surface area contributed by atoms with Crippen molar-refractivity contribution in [3.8, 4) is 0 Å². The number of sulfonamides is 1. The average Bonchev–Trinajstić information content (AvgIpc) is 3.03. The van der Waals surface area contributed by atoms with E-state index in [0.717, 1.165) is 21.0 Å². The van der Waals surface area contributed by atoms with E-state index in [1.54, 1.807) is 48.5 Å². The molecule has 2 atom stereocenters. The highest BCUT2D eigenvalue weighted by Gasteiger charge is 2.35. The van der Waals surface area contributed by atoms with Crippen LogP contribution >= 0.6 is 23.2 Å². The Balaban J connectivity index is 1.84. The molecule has 0 fully saturated rings. The van der Waals surface area contributed by atoms with E-state index in [1.165, 1.54) is 17.0 Å². The Morgan fingerprint density at radius 2 is 1.46 bits per heavy atom. The normalized spacial score (nSPS) is 12.7. The van der Waals surface area contributed by atoms with Crippen LogP contribution in [0, 0.1) is 13.8 Å². The molecule has 0 aliphatic heterocycles. The van der Waals surface area contributed by atoms with Gasteiger partial charge in [-0.25, -0.2) is 8.42 Å². The van der Waals surface area contributed by atoms with Gasteiger partial charge in [0.2, 0.25) is 11.8 Å². The molecule has 1 N–H and O–H groups in total. The average molecular weight is 681 g/mol. The van der Waals surface area contributed by atoms with Crippen LogP contribution in [0.2, 0.25) is 10.0 Å². The maximum atomic E-state index is 14.6. The standard InChI is InChI=1S/C36H39Cl2N3O4S/c1-5-27(4)39-36(43)34(22-28-12-7-6-8-13-28)40(23-31-32(37)15-10-16-33(31)38)35(42)24-41(29-14-9-11-26(3)21-29)46(44,45)30-19-17-25(2)18-20-30/h6-21,27,34H,5,22-24H2,1-4H3,(H,39,43). The van der Waals surface area contributed by atoms with Crippen LogP contribution < -0.4 is 9.62 Å². The van der Waals surface area contributed by atoms with Gasteiger partial charge in [-0.1, -0.05) is 96.4 Å². The number of hydrogen-bond acceptors (Lipinski definition) is 4. The van der Waals surface area contributed by atoms with E-state index in [1.807, 2.05) is 64.1 Å². The van der Waals surface area contributed by atoms with Gasteiger partial charge in [0, 0.05) is 34.6 Å². The zero-order chi connectivity index (χ0) is 33.4. The minimum atomic E-state index is -4.20. The van der Waals surface area contributed by atoms with E-state index < -0.39 is 28.5 Å². The molecule has 4 aromatic rings. The van der Waals surface area contributed by atoms with Gasteiger partial charge in [-0.2, -0.15) is 0 Å². The predicted molar refractivity (Wildman–Crippen MR) is 186 cm³/mol. The van der Waals surface area contributed by atoms with E-state index in [2.05, 4.69) is 5.32 Å². The summed E-state index contributed by atoms with van der Waals surface area (Å²) in [6, 6.07) is 26.7. The zero-order valence-corrected chi connectivity index (χ0v) is 28.7. The highest BCUT2D eigenvalue weighted by atomic mass is 35.5. The van der Waals surface area contributed by atoms with Gasteiger partial charge < -0.3 is 10.2 Å². The molecular formula is C36H39Cl2N3O4S. The molecule has 10 heteroatoms. The number of anilines is 1. The van der Waals surface area contributed by atoms with Crippen molar-refractivity contribution in [3.05, 3.63) is 129 Å². The van der Waals surface area contributed by atoms with Crippen molar-refractivity contribution in [1.29, 1.82) is 0 Å². The van der Waals surface area contributed by atoms with Crippen LogP contribution in [0.15, 0.2) is 102 Å². The zero-order valence-electron chi connectivity index (χ0n) is 26.4. The maximum Gasteiger partial charge on any atom is 0.264 e. The lowest BCUT2D eigenvalue weighted by molar-refractivity contribution is -0.140. The smallest absolute Gasteiger partial charge is 0.264 e. The molecule has 2 amide bonds. The maximum absolute atomic E-state index is 14.6. The fraction of sp³-hybridized carbons (Fsp3) is 0.278. The van der Waals surface area contributed by atoms with Gasteiger partial charge in [0.05, 0.1) is 10.6 Å². The van der Waals surface area contributed by atoms with Crippen molar-refractivity contribution >= 4 is 50.7 Å². The van der Waals surface area contributed by atoms with E-state index in [4.69, 9.17) is 23.2 Å². The highest BCUT2D eigenvalue weighted by molar-refractivity contribution is 7.92. The fourth-order valence-electron chi connectivity index (χ4n) is 5.00. The van der Waals surface area contributed by atoms with Crippen LogP contribution in [0.4, 0.5) is 5.69 Å². The fourth-order valence-corrected chi connectivity index (χ4v) is 6.92. The van der Waals surface area contributed by atoms with Gasteiger partial charge in [-0.3, -0.25) is 13.9 Å². The third-order valence-electron chi connectivity index (χ3n) is 7.84. The Labute approximate surface area is 282 Å². The molecule has 4 rings (SSSR count). The van der Waals surface area contributed by atoms with Gasteiger partial charge in [0.1, 0.15) is 12.6 Å². The summed E-state index contributed by atoms with van der Waals surface area (Å²) in [5.74, 6) is -0.952. The molecule has 2 unspecified atom stereocenters. The Morgan fingerprint density at radius 1 is 0.826 bits per heavy atom. The second-order valence-electron chi connectivity index (χ2n) is 11.4.